The van der Waals surface area contributed by atoms with Gasteiger partial charge in [0.2, 0.25) is 0 Å². The Morgan fingerprint density at radius 3 is 2.42 bits per heavy atom. The monoisotopic (exact) mass is 261 g/mol. The van der Waals surface area contributed by atoms with E-state index < -0.39 is 0 Å². The number of benzene rings is 1. The molecule has 0 aromatic heterocycles. The number of para-hydroxylation sites is 1. The highest BCUT2D eigenvalue weighted by Crippen LogP contribution is 2.22. The van der Waals surface area contributed by atoms with Gasteiger partial charge in [0.25, 0.3) is 0 Å². The van der Waals surface area contributed by atoms with Crippen molar-refractivity contribution >= 4 is 0 Å². The van der Waals surface area contributed by atoms with E-state index >= 15 is 0 Å². The third kappa shape index (κ3) is 4.24. The molecule has 1 heterocycles. The molecule has 1 aromatic carbocycles. The molecule has 2 heteroatoms. The number of hydrogen-bond donors (Lipinski definition) is 0. The molecule has 19 heavy (non-hydrogen) atoms. The Balaban J connectivity index is 1.69. The zero-order valence-electron chi connectivity index (χ0n) is 12.6. The fourth-order valence-electron chi connectivity index (χ4n) is 2.77. The van der Waals surface area contributed by atoms with Gasteiger partial charge in [-0.15, -0.1) is 0 Å². The molecule has 0 spiro atoms. The summed E-state index contributed by atoms with van der Waals surface area (Å²) in [5.74, 6) is 2.00. The Kier molecular flexibility index (Phi) is 5.26. The minimum Gasteiger partial charge on any atom is -0.493 e. The van der Waals surface area contributed by atoms with Crippen molar-refractivity contribution in [3.8, 4) is 5.75 Å². The third-order valence-electron chi connectivity index (χ3n) is 4.15. The molecule has 1 saturated heterocycles. The molecule has 1 aromatic rings. The molecule has 0 atom stereocenters. The summed E-state index contributed by atoms with van der Waals surface area (Å²) in [5, 5.41) is 0. The van der Waals surface area contributed by atoms with Gasteiger partial charge < -0.3 is 9.64 Å². The zero-order chi connectivity index (χ0) is 13.7. The molecule has 0 unspecified atom stereocenters. The number of rotatable bonds is 5. The van der Waals surface area contributed by atoms with Gasteiger partial charge in [0.1, 0.15) is 5.75 Å². The van der Waals surface area contributed by atoms with E-state index in [0.717, 1.165) is 24.7 Å². The van der Waals surface area contributed by atoms with Gasteiger partial charge >= 0.3 is 0 Å². The van der Waals surface area contributed by atoms with E-state index in [9.17, 15) is 0 Å². The van der Waals surface area contributed by atoms with Crippen molar-refractivity contribution in [3.05, 3.63) is 29.3 Å². The van der Waals surface area contributed by atoms with Gasteiger partial charge in [-0.3, -0.25) is 0 Å². The van der Waals surface area contributed by atoms with Crippen LogP contribution < -0.4 is 4.74 Å². The number of ether oxygens (including phenoxy) is 1. The van der Waals surface area contributed by atoms with Crippen molar-refractivity contribution < 1.29 is 4.74 Å². The van der Waals surface area contributed by atoms with E-state index in [4.69, 9.17) is 4.74 Å². The van der Waals surface area contributed by atoms with Crippen LogP contribution in [0.4, 0.5) is 0 Å². The van der Waals surface area contributed by atoms with Crippen molar-refractivity contribution in [3.63, 3.8) is 0 Å². The van der Waals surface area contributed by atoms with Crippen LogP contribution in [0.3, 0.4) is 0 Å². The van der Waals surface area contributed by atoms with Crippen LogP contribution in [0, 0.1) is 19.8 Å². The molecule has 1 aliphatic rings. The molecule has 2 rings (SSSR count). The lowest BCUT2D eigenvalue weighted by molar-refractivity contribution is 0.177. The smallest absolute Gasteiger partial charge is 0.125 e. The first-order valence-electron chi connectivity index (χ1n) is 7.58. The van der Waals surface area contributed by atoms with Crippen LogP contribution in [0.5, 0.6) is 5.75 Å². The van der Waals surface area contributed by atoms with Crippen molar-refractivity contribution in [2.45, 2.75) is 40.0 Å². The van der Waals surface area contributed by atoms with Crippen LogP contribution in [0.2, 0.25) is 0 Å². The number of aryl methyl sites for hydroxylation is 2. The van der Waals surface area contributed by atoms with Gasteiger partial charge in [0, 0.05) is 6.54 Å². The second-order valence-corrected chi connectivity index (χ2v) is 5.95. The Bertz CT molecular complexity index is 374. The first-order chi connectivity index (χ1) is 9.16. The summed E-state index contributed by atoms with van der Waals surface area (Å²) in [6.07, 6.45) is 3.84. The number of hydrogen-bond acceptors (Lipinski definition) is 2. The summed E-state index contributed by atoms with van der Waals surface area (Å²) in [6.45, 7) is 11.1. The largest absolute Gasteiger partial charge is 0.493 e. The number of likely N-dealkylation sites (tertiary alicyclic amines) is 1. The summed E-state index contributed by atoms with van der Waals surface area (Å²) in [4.78, 5) is 2.58. The van der Waals surface area contributed by atoms with Gasteiger partial charge in [-0.25, -0.2) is 0 Å². The first-order valence-corrected chi connectivity index (χ1v) is 7.58. The molecule has 0 amide bonds. The Hall–Kier alpha value is -1.02. The highest BCUT2D eigenvalue weighted by atomic mass is 16.5. The first kappa shape index (κ1) is 14.4. The molecule has 0 saturated carbocycles. The van der Waals surface area contributed by atoms with Crippen LogP contribution in [-0.2, 0) is 0 Å². The van der Waals surface area contributed by atoms with Gasteiger partial charge in [0.15, 0.2) is 0 Å². The summed E-state index contributed by atoms with van der Waals surface area (Å²) < 4.78 is 5.95. The van der Waals surface area contributed by atoms with Gasteiger partial charge in [-0.2, -0.15) is 0 Å². The summed E-state index contributed by atoms with van der Waals surface area (Å²) in [7, 11) is 0. The van der Waals surface area contributed by atoms with E-state index in [-0.39, 0.29) is 0 Å². The molecule has 0 bridgehead atoms. The second kappa shape index (κ2) is 6.95. The van der Waals surface area contributed by atoms with Crippen molar-refractivity contribution in [1.29, 1.82) is 0 Å². The van der Waals surface area contributed by atoms with Crippen LogP contribution in [0.1, 0.15) is 37.3 Å². The van der Waals surface area contributed by atoms with Crippen LogP contribution in [0.15, 0.2) is 18.2 Å². The van der Waals surface area contributed by atoms with Crippen LogP contribution in [-0.4, -0.2) is 31.1 Å². The fourth-order valence-corrected chi connectivity index (χ4v) is 2.77. The van der Waals surface area contributed by atoms with E-state index in [1.54, 1.807) is 0 Å². The Labute approximate surface area is 117 Å². The highest BCUT2D eigenvalue weighted by molar-refractivity contribution is 5.39. The van der Waals surface area contributed by atoms with Crippen molar-refractivity contribution in [2.75, 3.05) is 26.2 Å². The van der Waals surface area contributed by atoms with Gasteiger partial charge in [0.05, 0.1) is 6.61 Å². The number of piperidine rings is 1. The molecular weight excluding hydrogens is 234 g/mol. The fraction of sp³-hybridized carbons (Fsp3) is 0.647. The normalized spacial score (nSPS) is 17.6. The maximum Gasteiger partial charge on any atom is 0.125 e. The van der Waals surface area contributed by atoms with E-state index in [1.165, 1.54) is 43.6 Å². The molecule has 0 radical (unpaired) electrons. The third-order valence-corrected chi connectivity index (χ3v) is 4.15. The van der Waals surface area contributed by atoms with Gasteiger partial charge in [-0.05, 0) is 63.2 Å². The van der Waals surface area contributed by atoms with Crippen LogP contribution in [0.25, 0.3) is 0 Å². The molecule has 0 aliphatic carbocycles. The minimum absolute atomic E-state index is 0.831. The molecule has 106 valence electrons. The molecule has 2 nitrogen and oxygen atoms in total. The summed E-state index contributed by atoms with van der Waals surface area (Å²) >= 11 is 0. The van der Waals surface area contributed by atoms with E-state index in [2.05, 4.69) is 43.9 Å². The quantitative estimate of drug-likeness (QED) is 0.747. The number of nitrogens with zero attached hydrogens (tertiary/aromatic N) is 1. The second-order valence-electron chi connectivity index (χ2n) is 5.95. The predicted octanol–water partition coefficient (Wildman–Crippen LogP) is 3.80. The summed E-state index contributed by atoms with van der Waals surface area (Å²) in [5.41, 5.74) is 2.48. The van der Waals surface area contributed by atoms with Crippen molar-refractivity contribution in [2.24, 2.45) is 5.92 Å². The zero-order valence-corrected chi connectivity index (χ0v) is 12.6. The predicted molar refractivity (Wildman–Crippen MR) is 80.9 cm³/mol. The average molecular weight is 261 g/mol. The van der Waals surface area contributed by atoms with E-state index in [0.29, 0.717) is 0 Å². The molecule has 1 aliphatic heterocycles. The molecule has 0 N–H and O–H groups in total. The van der Waals surface area contributed by atoms with E-state index in [1.807, 2.05) is 0 Å². The Morgan fingerprint density at radius 1 is 1.16 bits per heavy atom. The minimum atomic E-state index is 0.831. The lowest BCUT2D eigenvalue weighted by atomic mass is 9.99. The molecular formula is C17H27NO. The summed E-state index contributed by atoms with van der Waals surface area (Å²) in [6, 6.07) is 6.33. The lowest BCUT2D eigenvalue weighted by Gasteiger charge is -2.30. The SMILES string of the molecule is Cc1cccc(C)c1OCCCN1CCC(C)CC1. The average Bonchev–Trinajstić information content (AvgIpc) is 2.39. The standard InChI is InChI=1S/C17H27NO/c1-14-8-11-18(12-9-14)10-5-13-19-17-15(2)6-4-7-16(17)3/h4,6-7,14H,5,8-13H2,1-3H3. The van der Waals surface area contributed by atoms with Gasteiger partial charge in [-0.1, -0.05) is 25.1 Å². The Morgan fingerprint density at radius 2 is 1.79 bits per heavy atom. The molecule has 1 fully saturated rings. The van der Waals surface area contributed by atoms with Crippen molar-refractivity contribution in [1.82, 2.24) is 4.90 Å². The van der Waals surface area contributed by atoms with Crippen LogP contribution >= 0.6 is 0 Å². The topological polar surface area (TPSA) is 12.5 Å². The lowest BCUT2D eigenvalue weighted by Crippen LogP contribution is -2.34. The highest BCUT2D eigenvalue weighted by Gasteiger charge is 2.14. The maximum atomic E-state index is 5.95. The maximum absolute atomic E-state index is 5.95.